The van der Waals surface area contributed by atoms with Crippen LogP contribution in [0.2, 0.25) is 0 Å². The summed E-state index contributed by atoms with van der Waals surface area (Å²) in [6.45, 7) is 0. The molecule has 6 heteroatoms. The average molecular weight is 340 g/mol. The number of allylic oxidation sites excluding steroid dienone is 2. The highest BCUT2D eigenvalue weighted by molar-refractivity contribution is 14.1. The lowest BCUT2D eigenvalue weighted by molar-refractivity contribution is 0.907. The van der Waals surface area contributed by atoms with Gasteiger partial charge in [0.05, 0.1) is 0 Å². The SMILES string of the molecule is CN/N=C/CSCC(=N)/C=C(/CI)NC. The summed E-state index contributed by atoms with van der Waals surface area (Å²) in [5, 5.41) is 14.6. The van der Waals surface area contributed by atoms with E-state index in [0.717, 1.165) is 21.6 Å². The van der Waals surface area contributed by atoms with E-state index in [1.54, 1.807) is 25.0 Å². The molecule has 0 radical (unpaired) electrons. The van der Waals surface area contributed by atoms with Crippen molar-refractivity contribution >= 4 is 46.3 Å². The number of alkyl halides is 1. The molecule has 86 valence electrons. The van der Waals surface area contributed by atoms with Gasteiger partial charge < -0.3 is 16.2 Å². The number of thioether (sulfide) groups is 1. The van der Waals surface area contributed by atoms with Gasteiger partial charge in [0.1, 0.15) is 0 Å². The average Bonchev–Trinajstić information content (AvgIpc) is 2.25. The first-order valence-electron chi connectivity index (χ1n) is 4.52. The van der Waals surface area contributed by atoms with E-state index in [4.69, 9.17) is 5.41 Å². The molecule has 0 bridgehead atoms. The van der Waals surface area contributed by atoms with Crippen molar-refractivity contribution in [1.29, 1.82) is 5.41 Å². The molecule has 0 saturated heterocycles. The third kappa shape index (κ3) is 8.73. The molecule has 0 rings (SSSR count). The fourth-order valence-corrected chi connectivity index (χ4v) is 1.98. The maximum atomic E-state index is 7.71. The van der Waals surface area contributed by atoms with E-state index >= 15 is 0 Å². The number of hydrazone groups is 1. The van der Waals surface area contributed by atoms with E-state index in [-0.39, 0.29) is 0 Å². The first-order chi connectivity index (χ1) is 7.24. The van der Waals surface area contributed by atoms with E-state index in [1.807, 2.05) is 13.1 Å². The van der Waals surface area contributed by atoms with Crippen molar-refractivity contribution in [3.8, 4) is 0 Å². The monoisotopic (exact) mass is 340 g/mol. The molecular weight excluding hydrogens is 323 g/mol. The molecule has 0 unspecified atom stereocenters. The molecule has 0 fully saturated rings. The summed E-state index contributed by atoms with van der Waals surface area (Å²) >= 11 is 3.95. The van der Waals surface area contributed by atoms with Gasteiger partial charge in [-0.15, -0.1) is 11.8 Å². The molecular formula is C9H17IN4S. The molecule has 4 nitrogen and oxygen atoms in total. The minimum absolute atomic E-state index is 0.638. The molecule has 0 amide bonds. The lowest BCUT2D eigenvalue weighted by atomic mass is 10.3. The van der Waals surface area contributed by atoms with Gasteiger partial charge in [-0.05, 0) is 6.08 Å². The van der Waals surface area contributed by atoms with Gasteiger partial charge in [-0.2, -0.15) is 5.10 Å². The molecule has 0 aliphatic carbocycles. The van der Waals surface area contributed by atoms with E-state index in [9.17, 15) is 0 Å². The minimum Gasteiger partial charge on any atom is -0.391 e. The molecule has 0 aliphatic heterocycles. The van der Waals surface area contributed by atoms with Crippen LogP contribution >= 0.6 is 34.4 Å². The zero-order valence-electron chi connectivity index (χ0n) is 9.01. The van der Waals surface area contributed by atoms with Crippen LogP contribution in [-0.4, -0.2) is 42.0 Å². The highest BCUT2D eigenvalue weighted by Gasteiger charge is 1.96. The molecule has 15 heavy (non-hydrogen) atoms. The summed E-state index contributed by atoms with van der Waals surface area (Å²) in [4.78, 5) is 0. The van der Waals surface area contributed by atoms with Crippen LogP contribution in [0.4, 0.5) is 0 Å². The summed E-state index contributed by atoms with van der Waals surface area (Å²) in [5.74, 6) is 1.55. The Balaban J connectivity index is 3.74. The zero-order valence-corrected chi connectivity index (χ0v) is 12.0. The Morgan fingerprint density at radius 1 is 1.53 bits per heavy atom. The Bertz CT molecular complexity index is 234. The normalized spacial score (nSPS) is 11.8. The van der Waals surface area contributed by atoms with Crippen LogP contribution in [-0.2, 0) is 0 Å². The molecule has 0 heterocycles. The summed E-state index contributed by atoms with van der Waals surface area (Å²) in [6.07, 6.45) is 3.69. The van der Waals surface area contributed by atoms with E-state index < -0.39 is 0 Å². The van der Waals surface area contributed by atoms with Crippen LogP contribution in [0.3, 0.4) is 0 Å². The molecule has 0 aromatic rings. The fraction of sp³-hybridized carbons (Fsp3) is 0.556. The van der Waals surface area contributed by atoms with Crippen LogP contribution in [0.15, 0.2) is 16.9 Å². The van der Waals surface area contributed by atoms with Gasteiger partial charge in [-0.3, -0.25) is 0 Å². The van der Waals surface area contributed by atoms with Crippen LogP contribution in [0, 0.1) is 5.41 Å². The van der Waals surface area contributed by atoms with Crippen LogP contribution in [0.25, 0.3) is 0 Å². The van der Waals surface area contributed by atoms with Crippen molar-refractivity contribution in [3.63, 3.8) is 0 Å². The van der Waals surface area contributed by atoms with Gasteiger partial charge in [0.25, 0.3) is 0 Å². The van der Waals surface area contributed by atoms with Crippen LogP contribution < -0.4 is 10.7 Å². The standard InChI is InChI=1S/C9H17IN4S/c1-12-9(6-10)5-8(11)7-15-4-3-14-13-2/h3,5,11-13H,4,6-7H2,1-2H3/b9-5-,11-8?,14-3+. The van der Waals surface area contributed by atoms with Crippen LogP contribution in [0.1, 0.15) is 0 Å². The van der Waals surface area contributed by atoms with Crippen molar-refractivity contribution < 1.29 is 0 Å². The largest absolute Gasteiger partial charge is 0.391 e. The number of nitrogens with zero attached hydrogens (tertiary/aromatic N) is 1. The van der Waals surface area contributed by atoms with Gasteiger partial charge in [0.15, 0.2) is 0 Å². The topological polar surface area (TPSA) is 60.3 Å². The molecule has 0 atom stereocenters. The Labute approximate surface area is 109 Å². The quantitative estimate of drug-likeness (QED) is 0.206. The maximum absolute atomic E-state index is 7.71. The smallest absolute Gasteiger partial charge is 0.0430 e. The summed E-state index contributed by atoms with van der Waals surface area (Å²) < 4.78 is 0.905. The second kappa shape index (κ2) is 10.3. The van der Waals surface area contributed by atoms with Gasteiger partial charge in [0.2, 0.25) is 0 Å². The number of hydrogen-bond donors (Lipinski definition) is 3. The summed E-state index contributed by atoms with van der Waals surface area (Å²) in [5.41, 5.74) is 4.41. The van der Waals surface area contributed by atoms with Gasteiger partial charge in [-0.1, -0.05) is 22.6 Å². The summed E-state index contributed by atoms with van der Waals surface area (Å²) in [6, 6.07) is 0. The van der Waals surface area contributed by atoms with Gasteiger partial charge in [-0.25, -0.2) is 0 Å². The molecule has 0 saturated carbocycles. The Kier molecular flexibility index (Phi) is 10.1. The minimum atomic E-state index is 0.638. The van der Waals surface area contributed by atoms with Crippen molar-refractivity contribution in [1.82, 2.24) is 10.7 Å². The second-order valence-electron chi connectivity index (χ2n) is 2.63. The van der Waals surface area contributed by atoms with Gasteiger partial charge >= 0.3 is 0 Å². The lowest BCUT2D eigenvalue weighted by Crippen LogP contribution is -2.10. The molecule has 0 aliphatic rings. The number of hydrogen-bond acceptors (Lipinski definition) is 5. The van der Waals surface area contributed by atoms with Crippen LogP contribution in [0.5, 0.6) is 0 Å². The number of nitrogens with one attached hydrogen (secondary N) is 3. The predicted octanol–water partition coefficient (Wildman–Crippen LogP) is 1.48. The van der Waals surface area contributed by atoms with Crippen molar-refractivity contribution in [3.05, 3.63) is 11.8 Å². The first-order valence-corrected chi connectivity index (χ1v) is 7.20. The highest BCUT2D eigenvalue weighted by Crippen LogP contribution is 2.01. The fourth-order valence-electron chi connectivity index (χ4n) is 0.780. The van der Waals surface area contributed by atoms with E-state index in [1.165, 1.54) is 0 Å². The summed E-state index contributed by atoms with van der Waals surface area (Å²) in [7, 11) is 3.65. The van der Waals surface area contributed by atoms with Crippen molar-refractivity contribution in [2.45, 2.75) is 0 Å². The van der Waals surface area contributed by atoms with E-state index in [0.29, 0.717) is 5.71 Å². The molecule has 0 spiro atoms. The molecule has 0 aromatic heterocycles. The zero-order chi connectivity index (χ0) is 11.5. The number of halogens is 1. The Morgan fingerprint density at radius 3 is 2.80 bits per heavy atom. The molecule has 0 aromatic carbocycles. The molecule has 3 N–H and O–H groups in total. The predicted molar refractivity (Wildman–Crippen MR) is 78.6 cm³/mol. The van der Waals surface area contributed by atoms with Crippen molar-refractivity contribution in [2.24, 2.45) is 5.10 Å². The Morgan fingerprint density at radius 2 is 2.27 bits per heavy atom. The lowest BCUT2D eigenvalue weighted by Gasteiger charge is -2.02. The van der Waals surface area contributed by atoms with Gasteiger partial charge in [0, 0.05) is 47.7 Å². The third-order valence-corrected chi connectivity index (χ3v) is 3.21. The van der Waals surface area contributed by atoms with Crippen molar-refractivity contribution in [2.75, 3.05) is 30.0 Å². The maximum Gasteiger partial charge on any atom is 0.0430 e. The second-order valence-corrected chi connectivity index (χ2v) is 4.42. The number of rotatable bonds is 8. The first kappa shape index (κ1) is 14.8. The highest BCUT2D eigenvalue weighted by atomic mass is 127. The van der Waals surface area contributed by atoms with E-state index in [2.05, 4.69) is 38.4 Å². The third-order valence-electron chi connectivity index (χ3n) is 1.48. The Hall–Kier alpha value is -0.240.